The number of nitrogens with zero attached hydrogens (tertiary/aromatic N) is 1. The number of nitrogens with one attached hydrogen (secondary N) is 1. The fraction of sp³-hybridized carbons (Fsp3) is 0.227. The smallest absolute Gasteiger partial charge is 0.226 e. The lowest BCUT2D eigenvalue weighted by Crippen LogP contribution is -2.19. The van der Waals surface area contributed by atoms with Crippen molar-refractivity contribution in [2.75, 3.05) is 26.6 Å². The second kappa shape index (κ2) is 8.99. The molecule has 28 heavy (non-hydrogen) atoms. The summed E-state index contributed by atoms with van der Waals surface area (Å²) >= 11 is 0. The van der Waals surface area contributed by atoms with Crippen LogP contribution in [-0.2, 0) is 4.79 Å². The predicted octanol–water partition coefficient (Wildman–Crippen LogP) is 4.13. The maximum Gasteiger partial charge on any atom is 0.226 e. The van der Waals surface area contributed by atoms with E-state index in [-0.39, 0.29) is 18.4 Å². The van der Waals surface area contributed by atoms with Gasteiger partial charge in [0.25, 0.3) is 0 Å². The summed E-state index contributed by atoms with van der Waals surface area (Å²) in [4.78, 5) is 12.8. The minimum Gasteiger partial charge on any atom is -0.497 e. The number of rotatable bonds is 8. The summed E-state index contributed by atoms with van der Waals surface area (Å²) in [5, 5.41) is 2.94. The second-order valence-corrected chi connectivity index (χ2v) is 6.28. The Morgan fingerprint density at radius 1 is 0.893 bits per heavy atom. The Bertz CT molecular complexity index is 900. The SMILES string of the molecule is COc1cc(NC(=O)C[C@H](c2cccc(OC)c2)n2cccc2)cc(OC)c1. The molecule has 2 aromatic carbocycles. The van der Waals surface area contributed by atoms with Crippen molar-refractivity contribution < 1.29 is 19.0 Å². The average molecular weight is 380 g/mol. The van der Waals surface area contributed by atoms with Gasteiger partial charge in [-0.25, -0.2) is 0 Å². The summed E-state index contributed by atoms with van der Waals surface area (Å²) in [6.07, 6.45) is 4.17. The molecule has 0 saturated carbocycles. The van der Waals surface area contributed by atoms with Crippen molar-refractivity contribution in [2.45, 2.75) is 12.5 Å². The van der Waals surface area contributed by atoms with Crippen LogP contribution >= 0.6 is 0 Å². The van der Waals surface area contributed by atoms with Crippen LogP contribution < -0.4 is 19.5 Å². The van der Waals surface area contributed by atoms with Gasteiger partial charge in [0.1, 0.15) is 17.2 Å². The summed E-state index contributed by atoms with van der Waals surface area (Å²) < 4.78 is 17.9. The van der Waals surface area contributed by atoms with Crippen LogP contribution in [0.3, 0.4) is 0 Å². The summed E-state index contributed by atoms with van der Waals surface area (Å²) in [5.41, 5.74) is 1.62. The molecule has 3 rings (SSSR count). The van der Waals surface area contributed by atoms with Crippen LogP contribution in [0.15, 0.2) is 67.0 Å². The zero-order valence-electron chi connectivity index (χ0n) is 16.2. The average Bonchev–Trinajstić information content (AvgIpc) is 3.26. The molecule has 0 bridgehead atoms. The number of methoxy groups -OCH3 is 3. The van der Waals surface area contributed by atoms with Gasteiger partial charge in [0.2, 0.25) is 5.91 Å². The highest BCUT2D eigenvalue weighted by molar-refractivity contribution is 5.91. The Labute approximate surface area is 164 Å². The first-order valence-electron chi connectivity index (χ1n) is 8.92. The Kier molecular flexibility index (Phi) is 6.22. The third-order valence-electron chi connectivity index (χ3n) is 4.48. The van der Waals surface area contributed by atoms with Crippen LogP contribution in [0, 0.1) is 0 Å². The molecular formula is C22H24N2O4. The van der Waals surface area contributed by atoms with Gasteiger partial charge in [0.05, 0.1) is 33.8 Å². The van der Waals surface area contributed by atoms with Crippen LogP contribution in [0.5, 0.6) is 17.2 Å². The van der Waals surface area contributed by atoms with Gasteiger partial charge in [-0.2, -0.15) is 0 Å². The van der Waals surface area contributed by atoms with Crippen LogP contribution in [0.1, 0.15) is 18.0 Å². The molecule has 1 atom stereocenters. The molecule has 3 aromatic rings. The number of benzene rings is 2. The first-order valence-corrected chi connectivity index (χ1v) is 8.92. The van der Waals surface area contributed by atoms with E-state index in [1.54, 1.807) is 39.5 Å². The van der Waals surface area contributed by atoms with Gasteiger partial charge in [-0.05, 0) is 29.8 Å². The van der Waals surface area contributed by atoms with E-state index in [0.717, 1.165) is 11.3 Å². The number of ether oxygens (including phenoxy) is 3. The van der Waals surface area contributed by atoms with Crippen molar-refractivity contribution in [3.05, 3.63) is 72.6 Å². The fourth-order valence-corrected chi connectivity index (χ4v) is 3.07. The molecule has 0 radical (unpaired) electrons. The van der Waals surface area contributed by atoms with Crippen LogP contribution in [0.25, 0.3) is 0 Å². The third-order valence-corrected chi connectivity index (χ3v) is 4.48. The molecule has 0 aliphatic carbocycles. The minimum absolute atomic E-state index is 0.114. The highest BCUT2D eigenvalue weighted by Gasteiger charge is 2.18. The highest BCUT2D eigenvalue weighted by atomic mass is 16.5. The molecular weight excluding hydrogens is 356 g/mol. The monoisotopic (exact) mass is 380 g/mol. The van der Waals surface area contributed by atoms with Crippen molar-refractivity contribution in [1.29, 1.82) is 0 Å². The normalized spacial score (nSPS) is 11.5. The molecule has 0 fully saturated rings. The molecule has 1 amide bonds. The first kappa shape index (κ1) is 19.4. The summed E-state index contributed by atoms with van der Waals surface area (Å²) in [5.74, 6) is 1.87. The molecule has 1 heterocycles. The lowest BCUT2D eigenvalue weighted by molar-refractivity contribution is -0.116. The molecule has 0 saturated heterocycles. The van der Waals surface area contributed by atoms with E-state index in [4.69, 9.17) is 14.2 Å². The Balaban J connectivity index is 1.82. The maximum absolute atomic E-state index is 12.8. The van der Waals surface area contributed by atoms with Gasteiger partial charge in [-0.3, -0.25) is 4.79 Å². The number of amides is 1. The van der Waals surface area contributed by atoms with Gasteiger partial charge in [0.15, 0.2) is 0 Å². The molecule has 1 aromatic heterocycles. The number of hydrogen-bond donors (Lipinski definition) is 1. The largest absolute Gasteiger partial charge is 0.497 e. The second-order valence-electron chi connectivity index (χ2n) is 6.28. The van der Waals surface area contributed by atoms with E-state index in [9.17, 15) is 4.79 Å². The van der Waals surface area contributed by atoms with Crippen LogP contribution in [-0.4, -0.2) is 31.8 Å². The third kappa shape index (κ3) is 4.65. The summed E-state index contributed by atoms with van der Waals surface area (Å²) in [6.45, 7) is 0. The van der Waals surface area contributed by atoms with Crippen molar-refractivity contribution in [2.24, 2.45) is 0 Å². The first-order chi connectivity index (χ1) is 13.6. The van der Waals surface area contributed by atoms with Crippen LogP contribution in [0.4, 0.5) is 5.69 Å². The Hall–Kier alpha value is -3.41. The predicted molar refractivity (Wildman–Crippen MR) is 108 cm³/mol. The molecule has 6 nitrogen and oxygen atoms in total. The van der Waals surface area contributed by atoms with E-state index < -0.39 is 0 Å². The standard InChI is InChI=1S/C22H24N2O4/c1-26-18-8-6-7-16(11-18)21(24-9-4-5-10-24)15-22(25)23-17-12-19(27-2)14-20(13-17)28-3/h4-14,21H,15H2,1-3H3,(H,23,25)/t21-/m1/s1. The van der Waals surface area contributed by atoms with E-state index in [1.165, 1.54) is 0 Å². The zero-order chi connectivity index (χ0) is 19.9. The molecule has 0 aliphatic heterocycles. The van der Waals surface area contributed by atoms with E-state index in [1.807, 2.05) is 53.4 Å². The number of hydrogen-bond acceptors (Lipinski definition) is 4. The number of carbonyl (C=O) groups excluding carboxylic acids is 1. The van der Waals surface area contributed by atoms with Crippen LogP contribution in [0.2, 0.25) is 0 Å². The number of anilines is 1. The van der Waals surface area contributed by atoms with Gasteiger partial charge >= 0.3 is 0 Å². The van der Waals surface area contributed by atoms with Crippen molar-refractivity contribution in [3.8, 4) is 17.2 Å². The molecule has 6 heteroatoms. The van der Waals surface area contributed by atoms with Crippen molar-refractivity contribution in [1.82, 2.24) is 4.57 Å². The van der Waals surface area contributed by atoms with Gasteiger partial charge in [-0.1, -0.05) is 12.1 Å². The molecule has 0 unspecified atom stereocenters. The quantitative estimate of drug-likeness (QED) is 0.638. The molecule has 1 N–H and O–H groups in total. The highest BCUT2D eigenvalue weighted by Crippen LogP contribution is 2.28. The van der Waals surface area contributed by atoms with Gasteiger partial charge in [0, 0.05) is 36.3 Å². The Morgan fingerprint density at radius 3 is 2.14 bits per heavy atom. The van der Waals surface area contributed by atoms with Gasteiger partial charge in [-0.15, -0.1) is 0 Å². The minimum atomic E-state index is -0.155. The Morgan fingerprint density at radius 2 is 1.54 bits per heavy atom. The fourth-order valence-electron chi connectivity index (χ4n) is 3.07. The summed E-state index contributed by atoms with van der Waals surface area (Å²) in [7, 11) is 4.78. The van der Waals surface area contributed by atoms with Gasteiger partial charge < -0.3 is 24.1 Å². The lowest BCUT2D eigenvalue weighted by atomic mass is 10.0. The number of carbonyl (C=O) groups is 1. The lowest BCUT2D eigenvalue weighted by Gasteiger charge is -2.20. The van der Waals surface area contributed by atoms with Crippen molar-refractivity contribution in [3.63, 3.8) is 0 Å². The maximum atomic E-state index is 12.8. The number of aromatic nitrogens is 1. The topological polar surface area (TPSA) is 61.7 Å². The zero-order valence-corrected chi connectivity index (χ0v) is 16.2. The molecule has 0 aliphatic rings. The molecule has 146 valence electrons. The van der Waals surface area contributed by atoms with E-state index in [2.05, 4.69) is 5.32 Å². The van der Waals surface area contributed by atoms with Crippen molar-refractivity contribution >= 4 is 11.6 Å². The molecule has 0 spiro atoms. The van der Waals surface area contributed by atoms with E-state index >= 15 is 0 Å². The summed E-state index contributed by atoms with van der Waals surface area (Å²) in [6, 6.07) is 16.8. The van der Waals surface area contributed by atoms with E-state index in [0.29, 0.717) is 17.2 Å².